The number of hydrogen-bond acceptors (Lipinski definition) is 2. The van der Waals surface area contributed by atoms with Crippen molar-refractivity contribution in [2.75, 3.05) is 0 Å². The predicted molar refractivity (Wildman–Crippen MR) is 70.5 cm³/mol. The Hall–Kier alpha value is -0.570. The highest BCUT2D eigenvalue weighted by atomic mass is 35.5. The SMILES string of the molecule is NNC(c1ccc(Cl)cc1)C1C2CCCCC21. The summed E-state index contributed by atoms with van der Waals surface area (Å²) < 4.78 is 0. The zero-order valence-electron chi connectivity index (χ0n) is 9.90. The van der Waals surface area contributed by atoms with Gasteiger partial charge < -0.3 is 0 Å². The Kier molecular flexibility index (Phi) is 3.12. The largest absolute Gasteiger partial charge is 0.271 e. The minimum atomic E-state index is 0.306. The summed E-state index contributed by atoms with van der Waals surface area (Å²) in [6, 6.07) is 8.40. The third kappa shape index (κ3) is 2.10. The van der Waals surface area contributed by atoms with Crippen molar-refractivity contribution in [1.82, 2.24) is 5.43 Å². The topological polar surface area (TPSA) is 38.0 Å². The van der Waals surface area contributed by atoms with Crippen LogP contribution in [0.5, 0.6) is 0 Å². The molecule has 2 saturated carbocycles. The third-order valence-corrected chi connectivity index (χ3v) is 4.77. The molecule has 0 saturated heterocycles. The lowest BCUT2D eigenvalue weighted by molar-refractivity contribution is 0.456. The van der Waals surface area contributed by atoms with Crippen LogP contribution in [0.4, 0.5) is 0 Å². The van der Waals surface area contributed by atoms with Gasteiger partial charge in [0.1, 0.15) is 0 Å². The van der Waals surface area contributed by atoms with Gasteiger partial charge in [0.05, 0.1) is 0 Å². The van der Waals surface area contributed by atoms with E-state index in [1.54, 1.807) is 0 Å². The Balaban J connectivity index is 1.78. The molecule has 1 aromatic rings. The standard InChI is InChI=1S/C14H19ClN2/c15-10-7-5-9(6-8-10)14(17-16)13-11-3-1-2-4-12(11)13/h5-8,11-14,17H,1-4,16H2. The number of hydrazine groups is 1. The first-order valence-electron chi connectivity index (χ1n) is 6.53. The average molecular weight is 251 g/mol. The van der Waals surface area contributed by atoms with Crippen molar-refractivity contribution in [3.63, 3.8) is 0 Å². The molecule has 0 spiro atoms. The van der Waals surface area contributed by atoms with E-state index in [9.17, 15) is 0 Å². The Morgan fingerprint density at radius 1 is 1.12 bits per heavy atom. The minimum absolute atomic E-state index is 0.306. The summed E-state index contributed by atoms with van der Waals surface area (Å²) in [6.07, 6.45) is 5.58. The quantitative estimate of drug-likeness (QED) is 0.638. The van der Waals surface area contributed by atoms with E-state index in [1.807, 2.05) is 12.1 Å². The average Bonchev–Trinajstić information content (AvgIpc) is 3.07. The molecule has 2 aliphatic rings. The summed E-state index contributed by atoms with van der Waals surface area (Å²) in [4.78, 5) is 0. The van der Waals surface area contributed by atoms with Crippen molar-refractivity contribution in [2.45, 2.75) is 31.7 Å². The van der Waals surface area contributed by atoms with Gasteiger partial charge >= 0.3 is 0 Å². The molecule has 1 aromatic carbocycles. The van der Waals surface area contributed by atoms with Gasteiger partial charge in [0, 0.05) is 11.1 Å². The smallest absolute Gasteiger partial charge is 0.0493 e. The Morgan fingerprint density at radius 2 is 1.71 bits per heavy atom. The van der Waals surface area contributed by atoms with Crippen molar-refractivity contribution in [2.24, 2.45) is 23.6 Å². The van der Waals surface area contributed by atoms with Crippen LogP contribution in [0.3, 0.4) is 0 Å². The minimum Gasteiger partial charge on any atom is -0.271 e. The van der Waals surface area contributed by atoms with Crippen molar-refractivity contribution >= 4 is 11.6 Å². The van der Waals surface area contributed by atoms with E-state index < -0.39 is 0 Å². The molecule has 0 aliphatic heterocycles. The van der Waals surface area contributed by atoms with Crippen LogP contribution in [-0.4, -0.2) is 0 Å². The number of fused-ring (bicyclic) bond motifs is 1. The van der Waals surface area contributed by atoms with Crippen LogP contribution in [0, 0.1) is 17.8 Å². The first-order chi connectivity index (χ1) is 8.31. The van der Waals surface area contributed by atoms with E-state index >= 15 is 0 Å². The fourth-order valence-electron chi connectivity index (χ4n) is 3.64. The second kappa shape index (κ2) is 4.60. The van der Waals surface area contributed by atoms with Gasteiger partial charge in [-0.25, -0.2) is 0 Å². The summed E-state index contributed by atoms with van der Waals surface area (Å²) >= 11 is 5.92. The molecule has 0 heterocycles. The Labute approximate surface area is 108 Å². The van der Waals surface area contributed by atoms with Crippen LogP contribution in [0.2, 0.25) is 5.02 Å². The van der Waals surface area contributed by atoms with Crippen LogP contribution in [0.25, 0.3) is 0 Å². The number of nitrogens with two attached hydrogens (primary N) is 1. The molecule has 0 bridgehead atoms. The normalized spacial score (nSPS) is 32.9. The third-order valence-electron chi connectivity index (χ3n) is 4.52. The second-order valence-electron chi connectivity index (χ2n) is 5.39. The molecule has 2 nitrogen and oxygen atoms in total. The summed E-state index contributed by atoms with van der Waals surface area (Å²) in [6.45, 7) is 0. The first kappa shape index (κ1) is 11.5. The zero-order valence-corrected chi connectivity index (χ0v) is 10.7. The maximum atomic E-state index is 5.92. The molecule has 3 unspecified atom stereocenters. The van der Waals surface area contributed by atoms with E-state index in [0.717, 1.165) is 22.8 Å². The molecule has 2 fully saturated rings. The van der Waals surface area contributed by atoms with E-state index in [4.69, 9.17) is 17.4 Å². The zero-order chi connectivity index (χ0) is 11.8. The highest BCUT2D eigenvalue weighted by molar-refractivity contribution is 6.30. The van der Waals surface area contributed by atoms with Gasteiger partial charge in [-0.3, -0.25) is 11.3 Å². The molecule has 0 aromatic heterocycles. The van der Waals surface area contributed by atoms with Crippen molar-refractivity contribution in [1.29, 1.82) is 0 Å². The predicted octanol–water partition coefficient (Wildman–Crippen LogP) is 3.28. The van der Waals surface area contributed by atoms with Crippen LogP contribution in [-0.2, 0) is 0 Å². The van der Waals surface area contributed by atoms with Crippen molar-refractivity contribution in [3.05, 3.63) is 34.9 Å². The maximum absolute atomic E-state index is 5.92. The Morgan fingerprint density at radius 3 is 2.24 bits per heavy atom. The molecule has 0 radical (unpaired) electrons. The number of nitrogens with one attached hydrogen (secondary N) is 1. The molecular formula is C14H19ClN2. The monoisotopic (exact) mass is 250 g/mol. The van der Waals surface area contributed by atoms with E-state index in [2.05, 4.69) is 17.6 Å². The van der Waals surface area contributed by atoms with Crippen LogP contribution in [0.1, 0.15) is 37.3 Å². The molecule has 3 N–H and O–H groups in total. The molecule has 17 heavy (non-hydrogen) atoms. The molecule has 3 heteroatoms. The highest BCUT2D eigenvalue weighted by Crippen LogP contribution is 2.60. The fraction of sp³-hybridized carbons (Fsp3) is 0.571. The highest BCUT2D eigenvalue weighted by Gasteiger charge is 2.54. The summed E-state index contributed by atoms with van der Waals surface area (Å²) in [5.74, 6) is 8.30. The lowest BCUT2D eigenvalue weighted by Gasteiger charge is -2.16. The van der Waals surface area contributed by atoms with Gasteiger partial charge in [-0.05, 0) is 48.3 Å². The summed E-state index contributed by atoms with van der Waals surface area (Å²) in [5, 5.41) is 0.790. The van der Waals surface area contributed by atoms with Crippen LogP contribution in [0.15, 0.2) is 24.3 Å². The number of rotatable bonds is 3. The molecular weight excluding hydrogens is 232 g/mol. The van der Waals surface area contributed by atoms with Gasteiger partial charge in [-0.2, -0.15) is 0 Å². The van der Waals surface area contributed by atoms with Crippen molar-refractivity contribution < 1.29 is 0 Å². The molecule has 0 amide bonds. The van der Waals surface area contributed by atoms with Gasteiger partial charge in [-0.15, -0.1) is 0 Å². The summed E-state index contributed by atoms with van der Waals surface area (Å²) in [7, 11) is 0. The molecule has 3 atom stereocenters. The van der Waals surface area contributed by atoms with E-state index in [-0.39, 0.29) is 0 Å². The molecule has 2 aliphatic carbocycles. The summed E-state index contributed by atoms with van der Waals surface area (Å²) in [5.41, 5.74) is 4.29. The lowest BCUT2D eigenvalue weighted by atomic mass is 10.0. The van der Waals surface area contributed by atoms with Gasteiger partial charge in [0.15, 0.2) is 0 Å². The van der Waals surface area contributed by atoms with Crippen LogP contribution >= 0.6 is 11.6 Å². The van der Waals surface area contributed by atoms with Gasteiger partial charge in [0.2, 0.25) is 0 Å². The van der Waals surface area contributed by atoms with E-state index in [0.29, 0.717) is 6.04 Å². The number of benzene rings is 1. The van der Waals surface area contributed by atoms with Crippen molar-refractivity contribution in [3.8, 4) is 0 Å². The van der Waals surface area contributed by atoms with Gasteiger partial charge in [0.25, 0.3) is 0 Å². The molecule has 3 rings (SSSR count). The molecule has 92 valence electrons. The lowest BCUT2D eigenvalue weighted by Crippen LogP contribution is -2.30. The first-order valence-corrected chi connectivity index (χ1v) is 6.90. The number of halogens is 1. The maximum Gasteiger partial charge on any atom is 0.0493 e. The fourth-order valence-corrected chi connectivity index (χ4v) is 3.77. The Bertz CT molecular complexity index is 378. The second-order valence-corrected chi connectivity index (χ2v) is 5.82. The van der Waals surface area contributed by atoms with Crippen LogP contribution < -0.4 is 11.3 Å². The van der Waals surface area contributed by atoms with E-state index in [1.165, 1.54) is 31.2 Å². The number of hydrogen-bond donors (Lipinski definition) is 2. The van der Waals surface area contributed by atoms with Gasteiger partial charge in [-0.1, -0.05) is 36.6 Å².